The van der Waals surface area contributed by atoms with Crippen molar-refractivity contribution in [3.05, 3.63) is 77.1 Å². The van der Waals surface area contributed by atoms with E-state index in [1.54, 1.807) is 24.3 Å². The Morgan fingerprint density at radius 1 is 1.05 bits per heavy atom. The summed E-state index contributed by atoms with van der Waals surface area (Å²) in [5, 5.41) is 12.3. The zero-order chi connectivity index (χ0) is 26.7. The summed E-state index contributed by atoms with van der Waals surface area (Å²) in [7, 11) is 1.53. The Labute approximate surface area is 215 Å². The number of halogens is 2. The monoisotopic (exact) mass is 524 g/mol. The van der Waals surface area contributed by atoms with Gasteiger partial charge in [-0.3, -0.25) is 9.78 Å². The van der Waals surface area contributed by atoms with Gasteiger partial charge in [-0.1, -0.05) is 6.07 Å². The number of nitrogens with one attached hydrogen (secondary N) is 1. The van der Waals surface area contributed by atoms with Crippen molar-refractivity contribution in [2.24, 2.45) is 0 Å². The van der Waals surface area contributed by atoms with Gasteiger partial charge in [0.2, 0.25) is 5.91 Å². The molecule has 196 valence electrons. The van der Waals surface area contributed by atoms with Crippen LogP contribution in [0.2, 0.25) is 0 Å². The molecule has 1 fully saturated rings. The standard InChI is InChI=1S/C27H22F2N2O7/c1-35-16-4-5-17-19(12-22(36-21(17)11-16)18-6-2-14(13-30-18)24(32)33)31-25(34)26(8-9-26)15-3-7-20-23(10-15)38-27(28,29)37-20/h2-7,10-11,13,19,22H,8-9,12H2,1H3,(H,31,34)(H,32,33)/t19-,22-/m1/s1. The van der Waals surface area contributed by atoms with Crippen molar-refractivity contribution < 1.29 is 42.4 Å². The summed E-state index contributed by atoms with van der Waals surface area (Å²) in [6, 6.07) is 12.3. The van der Waals surface area contributed by atoms with Gasteiger partial charge in [-0.2, -0.15) is 0 Å². The van der Waals surface area contributed by atoms with Crippen LogP contribution in [-0.2, 0) is 10.2 Å². The van der Waals surface area contributed by atoms with Crippen molar-refractivity contribution in [2.75, 3.05) is 7.11 Å². The smallest absolute Gasteiger partial charge is 0.497 e. The molecule has 1 amide bonds. The molecule has 2 aliphatic heterocycles. The highest BCUT2D eigenvalue weighted by Crippen LogP contribution is 2.52. The first-order chi connectivity index (χ1) is 18.2. The zero-order valence-electron chi connectivity index (χ0n) is 20.1. The van der Waals surface area contributed by atoms with Gasteiger partial charge in [-0.05, 0) is 54.8 Å². The molecule has 0 spiro atoms. The summed E-state index contributed by atoms with van der Waals surface area (Å²) in [6.45, 7) is 0. The van der Waals surface area contributed by atoms with Crippen LogP contribution >= 0.6 is 0 Å². The minimum atomic E-state index is -3.74. The first-order valence-electron chi connectivity index (χ1n) is 11.9. The number of amides is 1. The molecular formula is C27H22F2N2O7. The van der Waals surface area contributed by atoms with Gasteiger partial charge in [0.1, 0.15) is 17.6 Å². The third-order valence-electron chi connectivity index (χ3n) is 7.12. The molecule has 0 saturated heterocycles. The molecule has 3 aromatic rings. The Balaban J connectivity index is 1.28. The Morgan fingerprint density at radius 3 is 2.53 bits per heavy atom. The summed E-state index contributed by atoms with van der Waals surface area (Å²) >= 11 is 0. The molecule has 9 nitrogen and oxygen atoms in total. The molecule has 1 saturated carbocycles. The zero-order valence-corrected chi connectivity index (χ0v) is 20.1. The van der Waals surface area contributed by atoms with Crippen LogP contribution in [-0.4, -0.2) is 35.4 Å². The highest BCUT2D eigenvalue weighted by Gasteiger charge is 2.53. The number of hydrogen-bond acceptors (Lipinski definition) is 7. The number of alkyl halides is 2. The average Bonchev–Trinajstić information content (AvgIpc) is 3.65. The second kappa shape index (κ2) is 8.57. The van der Waals surface area contributed by atoms with E-state index in [-0.39, 0.29) is 23.0 Å². The fourth-order valence-electron chi connectivity index (χ4n) is 4.93. The molecule has 38 heavy (non-hydrogen) atoms. The van der Waals surface area contributed by atoms with Gasteiger partial charge in [0.25, 0.3) is 0 Å². The molecule has 3 aliphatic rings. The molecule has 6 rings (SSSR count). The van der Waals surface area contributed by atoms with Crippen LogP contribution < -0.4 is 24.3 Å². The number of fused-ring (bicyclic) bond motifs is 2. The number of hydrogen-bond donors (Lipinski definition) is 2. The summed E-state index contributed by atoms with van der Waals surface area (Å²) < 4.78 is 47.6. The molecular weight excluding hydrogens is 502 g/mol. The van der Waals surface area contributed by atoms with Crippen LogP contribution in [0.25, 0.3) is 0 Å². The molecule has 2 atom stereocenters. The number of carboxylic acid groups (broad SMARTS) is 1. The first-order valence-corrected chi connectivity index (χ1v) is 11.9. The van der Waals surface area contributed by atoms with Gasteiger partial charge in [0.05, 0.1) is 29.8 Å². The molecule has 3 heterocycles. The number of benzene rings is 2. The summed E-state index contributed by atoms with van der Waals surface area (Å²) in [5.41, 5.74) is 1.00. The van der Waals surface area contributed by atoms with Crippen LogP contribution in [0.1, 0.15) is 58.6 Å². The topological polar surface area (TPSA) is 116 Å². The number of methoxy groups -OCH3 is 1. The minimum Gasteiger partial charge on any atom is -0.497 e. The lowest BCUT2D eigenvalue weighted by atomic mass is 9.91. The number of ether oxygens (including phenoxy) is 4. The van der Waals surface area contributed by atoms with E-state index in [9.17, 15) is 23.5 Å². The summed E-state index contributed by atoms with van der Waals surface area (Å²) in [6.07, 6.45) is -1.60. The predicted molar refractivity (Wildman–Crippen MR) is 127 cm³/mol. The van der Waals surface area contributed by atoms with Crippen molar-refractivity contribution >= 4 is 11.9 Å². The van der Waals surface area contributed by atoms with Crippen molar-refractivity contribution in [3.63, 3.8) is 0 Å². The molecule has 1 aliphatic carbocycles. The molecule has 0 unspecified atom stereocenters. The SMILES string of the molecule is COc1ccc2c(c1)O[C@@H](c1ccc(C(=O)O)cn1)C[C@H]2NC(=O)C1(c2ccc3c(c2)OC(F)(F)O3)CC1. The van der Waals surface area contributed by atoms with E-state index in [0.717, 1.165) is 5.56 Å². The number of nitrogens with zero attached hydrogens (tertiary/aromatic N) is 1. The number of rotatable bonds is 6. The Hall–Kier alpha value is -4.41. The fraction of sp³-hybridized carbons (Fsp3) is 0.296. The maximum Gasteiger partial charge on any atom is 0.586 e. The van der Waals surface area contributed by atoms with Gasteiger partial charge < -0.3 is 29.4 Å². The number of aromatic carboxylic acids is 1. The molecule has 2 N–H and O–H groups in total. The van der Waals surface area contributed by atoms with Crippen LogP contribution in [0.15, 0.2) is 54.7 Å². The van der Waals surface area contributed by atoms with E-state index in [2.05, 4.69) is 19.8 Å². The minimum absolute atomic E-state index is 0.0497. The summed E-state index contributed by atoms with van der Waals surface area (Å²) in [5.74, 6) is -0.442. The lowest BCUT2D eigenvalue weighted by Gasteiger charge is -2.33. The maximum atomic E-state index is 13.6. The lowest BCUT2D eigenvalue weighted by molar-refractivity contribution is -0.286. The van der Waals surface area contributed by atoms with Gasteiger partial charge >= 0.3 is 12.3 Å². The fourth-order valence-corrected chi connectivity index (χ4v) is 4.93. The molecule has 0 bridgehead atoms. The van der Waals surface area contributed by atoms with E-state index in [1.165, 1.54) is 31.5 Å². The van der Waals surface area contributed by atoms with Crippen molar-refractivity contribution in [1.82, 2.24) is 10.3 Å². The van der Waals surface area contributed by atoms with Crippen LogP contribution in [0, 0.1) is 0 Å². The van der Waals surface area contributed by atoms with Gasteiger partial charge in [0.15, 0.2) is 11.5 Å². The van der Waals surface area contributed by atoms with Gasteiger partial charge in [-0.15, -0.1) is 8.78 Å². The van der Waals surface area contributed by atoms with Crippen LogP contribution in [0.4, 0.5) is 8.78 Å². The largest absolute Gasteiger partial charge is 0.586 e. The highest BCUT2D eigenvalue weighted by molar-refractivity contribution is 5.92. The number of carboxylic acids is 1. The quantitative estimate of drug-likeness (QED) is 0.484. The van der Waals surface area contributed by atoms with Crippen molar-refractivity contribution in [3.8, 4) is 23.0 Å². The number of carbonyl (C=O) groups is 2. The second-order valence-electron chi connectivity index (χ2n) is 9.46. The van der Waals surface area contributed by atoms with Crippen LogP contribution in [0.5, 0.6) is 23.0 Å². The normalized spacial score (nSPS) is 21.6. The number of aromatic nitrogens is 1. The van der Waals surface area contributed by atoms with Crippen LogP contribution in [0.3, 0.4) is 0 Å². The summed E-state index contributed by atoms with van der Waals surface area (Å²) in [4.78, 5) is 29.1. The molecule has 2 aromatic carbocycles. The van der Waals surface area contributed by atoms with Gasteiger partial charge in [-0.25, -0.2) is 4.79 Å². The van der Waals surface area contributed by atoms with E-state index in [0.29, 0.717) is 42.0 Å². The lowest BCUT2D eigenvalue weighted by Crippen LogP contribution is -2.39. The first kappa shape index (κ1) is 24.0. The third-order valence-corrected chi connectivity index (χ3v) is 7.12. The van der Waals surface area contributed by atoms with E-state index >= 15 is 0 Å². The molecule has 1 aromatic heterocycles. The van der Waals surface area contributed by atoms with Crippen molar-refractivity contribution in [2.45, 2.75) is 43.1 Å². The van der Waals surface area contributed by atoms with E-state index in [4.69, 9.17) is 9.47 Å². The second-order valence-corrected chi connectivity index (χ2v) is 9.46. The number of carbonyl (C=O) groups excluding carboxylic acids is 1. The highest BCUT2D eigenvalue weighted by atomic mass is 19.3. The van der Waals surface area contributed by atoms with Gasteiger partial charge in [0, 0.05) is 24.2 Å². The maximum absolute atomic E-state index is 13.6. The molecule has 11 heteroatoms. The third kappa shape index (κ3) is 4.13. The Bertz CT molecular complexity index is 1440. The molecule has 0 radical (unpaired) electrons. The predicted octanol–water partition coefficient (Wildman–Crippen LogP) is 4.52. The average molecular weight is 524 g/mol. The van der Waals surface area contributed by atoms with E-state index in [1.807, 2.05) is 6.07 Å². The number of pyridine rings is 1. The Morgan fingerprint density at radius 2 is 1.84 bits per heavy atom. The van der Waals surface area contributed by atoms with E-state index < -0.39 is 29.8 Å². The Kier molecular flexibility index (Phi) is 5.41. The van der Waals surface area contributed by atoms with Crippen molar-refractivity contribution in [1.29, 1.82) is 0 Å².